The van der Waals surface area contributed by atoms with Gasteiger partial charge in [-0.05, 0) is 106 Å². The molecule has 16 aromatic carbocycles. The van der Waals surface area contributed by atoms with Crippen molar-refractivity contribution in [3.8, 4) is 159 Å². The number of hydrogen-bond acceptors (Lipinski definition) is 14. The van der Waals surface area contributed by atoms with Crippen LogP contribution in [-0.4, -0.2) is 68.9 Å². The monoisotopic (exact) mass is 1590 g/mol. The van der Waals surface area contributed by atoms with Gasteiger partial charge in [0.1, 0.15) is 22.3 Å². The Kier molecular flexibility index (Phi) is 16.8. The van der Waals surface area contributed by atoms with Crippen LogP contribution in [0.4, 0.5) is 0 Å². The molecule has 0 saturated carbocycles. The average molecular weight is 1590 g/mol. The van der Waals surface area contributed by atoms with Crippen molar-refractivity contribution >= 4 is 87.5 Å². The van der Waals surface area contributed by atoms with Gasteiger partial charge in [0, 0.05) is 87.6 Å². The van der Waals surface area contributed by atoms with E-state index in [4.69, 9.17) is 68.6 Å². The van der Waals surface area contributed by atoms with E-state index in [1.165, 1.54) is 0 Å². The molecule has 0 aliphatic heterocycles. The van der Waals surface area contributed by atoms with Crippen molar-refractivity contribution in [1.29, 1.82) is 0 Å². The Labute approximate surface area is 708 Å². The number of nitrogens with zero attached hydrogens (tertiary/aromatic N) is 14. The molecule has 0 bridgehead atoms. The molecule has 24 rings (SSSR count). The van der Waals surface area contributed by atoms with Crippen molar-refractivity contribution in [3.63, 3.8) is 0 Å². The van der Waals surface area contributed by atoms with Crippen LogP contribution in [0.5, 0.6) is 0 Å². The molecule has 0 saturated heterocycles. The Morgan fingerprint density at radius 3 is 0.839 bits per heavy atom. The molecule has 0 atom stereocenters. The zero-order chi connectivity index (χ0) is 81.7. The number of aromatic nitrogens is 14. The third kappa shape index (κ3) is 12.5. The molecule has 0 unspecified atom stereocenters. The van der Waals surface area contributed by atoms with Crippen molar-refractivity contribution in [3.05, 3.63) is 388 Å². The van der Waals surface area contributed by atoms with Gasteiger partial charge >= 0.3 is 0 Å². The predicted molar refractivity (Wildman–Crippen MR) is 494 cm³/mol. The van der Waals surface area contributed by atoms with E-state index in [1.807, 2.05) is 176 Å². The first-order valence-corrected chi connectivity index (χ1v) is 41.0. The topological polar surface area (TPSA) is 191 Å². The van der Waals surface area contributed by atoms with E-state index in [9.17, 15) is 0 Å². The number of furan rings is 2. The van der Waals surface area contributed by atoms with Crippen LogP contribution in [0.2, 0.25) is 0 Å². The molecule has 16 heteroatoms. The maximum absolute atomic E-state index is 7.05. The zero-order valence-electron chi connectivity index (χ0n) is 66.0. The molecule has 0 aliphatic carbocycles. The quantitative estimate of drug-likeness (QED) is 0.0941. The molecule has 8 aromatic heterocycles. The normalized spacial score (nSPS) is 11.7. The highest BCUT2D eigenvalue weighted by atomic mass is 16.3. The van der Waals surface area contributed by atoms with Gasteiger partial charge in [0.15, 0.2) is 58.2 Å². The SMILES string of the molecule is c1ccc(-c2ccc3c4ccccc4n(-c4nc(-c5ccccc5)nc(-c5cccc6c5oc5cc(-c7nc(-c8ccccc8)nc(-c8cccc(-c9cccc(-c%10ccc(-c%11nc(-c%12ccccc%12)nc(-c%12ccc%13c(c%12)oc%12c(-c%14nc(-c%15ccccc%15)nc(-n%15c%16ccccc%16c%16ccccc%16%15)n%14)cccc%12%13)n%11)cc%10)c9)c8)n7)ccc56)n4)c3c2)cc1. The van der Waals surface area contributed by atoms with Gasteiger partial charge in [-0.15, -0.1) is 0 Å². The second kappa shape index (κ2) is 29.4. The number of benzene rings is 16. The van der Waals surface area contributed by atoms with Gasteiger partial charge in [0.05, 0.1) is 33.2 Å². The Hall–Kier alpha value is -17.2. The molecule has 0 aliphatic rings. The van der Waals surface area contributed by atoms with Crippen LogP contribution in [0, 0.1) is 0 Å². The highest BCUT2D eigenvalue weighted by Gasteiger charge is 2.26. The van der Waals surface area contributed by atoms with Gasteiger partial charge in [-0.1, -0.05) is 315 Å². The standard InChI is InChI=1S/C108H64N14O2/c1-6-26-65(27-7-1)75-54-57-82-81-42-18-21-49-91(81)122(92(82)62-75)108-118-101(70-34-14-5-15-35-70)116-106(120-108)88-46-25-44-86-84-59-56-78(64-94(84)124-96(86)88)104-112-98(68-30-10-3-11-31-68)110-102(114-104)76-39-23-38-74(61-76)73-37-22-36-72(60-73)66-50-52-71(53-51-66)99-109-97(67-28-8-2-9-29-67)111-103(113-99)77-55-58-83-85-43-24-45-87(95(85)123-93(83)63-77)105-115-100(69-32-12-4-13-33-69)117-107(119-105)121-89-47-19-16-40-79(89)80-41-17-20-48-90(80)121/h1-64H. The molecule has 8 heterocycles. The summed E-state index contributed by atoms with van der Waals surface area (Å²) in [4.78, 5) is 62.7. The summed E-state index contributed by atoms with van der Waals surface area (Å²) < 4.78 is 18.3. The molecule has 0 radical (unpaired) electrons. The summed E-state index contributed by atoms with van der Waals surface area (Å²) in [5.41, 5.74) is 20.9. The first-order chi connectivity index (χ1) is 61.4. The van der Waals surface area contributed by atoms with Crippen LogP contribution < -0.4 is 0 Å². The third-order valence-electron chi connectivity index (χ3n) is 23.2. The van der Waals surface area contributed by atoms with E-state index >= 15 is 0 Å². The lowest BCUT2D eigenvalue weighted by molar-refractivity contribution is 0.669. The summed E-state index contributed by atoms with van der Waals surface area (Å²) in [7, 11) is 0. The fourth-order valence-electron chi connectivity index (χ4n) is 17.2. The lowest BCUT2D eigenvalue weighted by atomic mass is 9.97. The average Bonchev–Trinajstić information content (AvgIpc) is 1.59. The van der Waals surface area contributed by atoms with Crippen LogP contribution in [-0.2, 0) is 0 Å². The number of para-hydroxylation sites is 5. The smallest absolute Gasteiger partial charge is 0.238 e. The van der Waals surface area contributed by atoms with Crippen molar-refractivity contribution in [2.24, 2.45) is 0 Å². The molecule has 24 aromatic rings. The maximum atomic E-state index is 7.05. The Morgan fingerprint density at radius 1 is 0.153 bits per heavy atom. The molecule has 0 amide bonds. The van der Waals surface area contributed by atoms with Gasteiger partial charge < -0.3 is 8.83 Å². The zero-order valence-corrected chi connectivity index (χ0v) is 66.0. The molecule has 0 N–H and O–H groups in total. The number of rotatable bonds is 15. The van der Waals surface area contributed by atoms with Crippen molar-refractivity contribution in [2.75, 3.05) is 0 Å². The van der Waals surface area contributed by atoms with Crippen LogP contribution in [0.15, 0.2) is 397 Å². The van der Waals surface area contributed by atoms with Crippen LogP contribution in [0.1, 0.15) is 0 Å². The van der Waals surface area contributed by atoms with E-state index in [0.717, 1.165) is 154 Å². The van der Waals surface area contributed by atoms with Gasteiger partial charge in [0.2, 0.25) is 11.9 Å². The van der Waals surface area contributed by atoms with Crippen molar-refractivity contribution in [2.45, 2.75) is 0 Å². The molecule has 124 heavy (non-hydrogen) atoms. The lowest BCUT2D eigenvalue weighted by Crippen LogP contribution is -2.06. The lowest BCUT2D eigenvalue weighted by Gasteiger charge is -2.11. The third-order valence-corrected chi connectivity index (χ3v) is 23.2. The highest BCUT2D eigenvalue weighted by Crippen LogP contribution is 2.44. The fourth-order valence-corrected chi connectivity index (χ4v) is 17.2. The van der Waals surface area contributed by atoms with Gasteiger partial charge in [-0.25, -0.2) is 39.9 Å². The van der Waals surface area contributed by atoms with E-state index < -0.39 is 0 Å². The maximum Gasteiger partial charge on any atom is 0.238 e. The van der Waals surface area contributed by atoms with E-state index in [0.29, 0.717) is 92.5 Å². The van der Waals surface area contributed by atoms with E-state index in [-0.39, 0.29) is 0 Å². The summed E-state index contributed by atoms with van der Waals surface area (Å²) in [6, 6.07) is 132. The summed E-state index contributed by atoms with van der Waals surface area (Å²) in [5.74, 6) is 6.13. The minimum atomic E-state index is 0.471. The van der Waals surface area contributed by atoms with E-state index in [2.05, 4.69) is 221 Å². The van der Waals surface area contributed by atoms with Gasteiger partial charge in [0.25, 0.3) is 0 Å². The molecule has 0 fully saturated rings. The van der Waals surface area contributed by atoms with E-state index in [1.54, 1.807) is 0 Å². The Balaban J connectivity index is 0.545. The Bertz CT molecular complexity index is 8310. The minimum absolute atomic E-state index is 0.471. The van der Waals surface area contributed by atoms with Crippen molar-refractivity contribution in [1.82, 2.24) is 68.9 Å². The van der Waals surface area contributed by atoms with Crippen molar-refractivity contribution < 1.29 is 8.83 Å². The molecular formula is C108H64N14O2. The van der Waals surface area contributed by atoms with Crippen LogP contribution in [0.3, 0.4) is 0 Å². The van der Waals surface area contributed by atoms with Gasteiger partial charge in [-0.3, -0.25) is 9.13 Å². The minimum Gasteiger partial charge on any atom is -0.455 e. The first kappa shape index (κ1) is 70.9. The second-order valence-corrected chi connectivity index (χ2v) is 30.7. The molecule has 0 spiro atoms. The number of hydrogen-bond donors (Lipinski definition) is 0. The van der Waals surface area contributed by atoms with Crippen LogP contribution >= 0.6 is 0 Å². The summed E-state index contributed by atoms with van der Waals surface area (Å²) >= 11 is 0. The van der Waals surface area contributed by atoms with Gasteiger partial charge in [-0.2, -0.15) is 19.9 Å². The molecule has 578 valence electrons. The first-order valence-electron chi connectivity index (χ1n) is 41.0. The highest BCUT2D eigenvalue weighted by molar-refractivity contribution is 6.13. The van der Waals surface area contributed by atoms with Crippen LogP contribution in [0.25, 0.3) is 247 Å². The summed E-state index contributed by atoms with van der Waals surface area (Å²) in [6.45, 7) is 0. The largest absolute Gasteiger partial charge is 0.455 e. The summed E-state index contributed by atoms with van der Waals surface area (Å²) in [5, 5.41) is 8.08. The predicted octanol–water partition coefficient (Wildman–Crippen LogP) is 26.1. The summed E-state index contributed by atoms with van der Waals surface area (Å²) in [6.07, 6.45) is 0. The fraction of sp³-hybridized carbons (Fsp3) is 0. The number of fused-ring (bicyclic) bond motifs is 12. The second-order valence-electron chi connectivity index (χ2n) is 30.7. The Morgan fingerprint density at radius 2 is 0.403 bits per heavy atom. The molecule has 16 nitrogen and oxygen atoms in total. The molecular weight excluding hydrogens is 1530 g/mol.